The molecule has 2 N–H and O–H groups in total. The van der Waals surface area contributed by atoms with Crippen LogP contribution in [0.25, 0.3) is 0 Å². The zero-order chi connectivity index (χ0) is 12.3. The van der Waals surface area contributed by atoms with Gasteiger partial charge in [-0.2, -0.15) is 0 Å². The molecule has 88 valence electrons. The second kappa shape index (κ2) is 5.21. The predicted molar refractivity (Wildman–Crippen MR) is 70.1 cm³/mol. The number of hydrogen-bond donors (Lipinski definition) is 2. The summed E-state index contributed by atoms with van der Waals surface area (Å²) in [4.78, 5) is 11.7. The molecule has 1 heterocycles. The third-order valence-electron chi connectivity index (χ3n) is 2.23. The van der Waals surface area contributed by atoms with Crippen molar-refractivity contribution in [2.24, 2.45) is 0 Å². The number of rotatable bonds is 4. The third kappa shape index (κ3) is 2.99. The highest BCUT2D eigenvalue weighted by molar-refractivity contribution is 7.10. The summed E-state index contributed by atoms with van der Waals surface area (Å²) in [6.07, 6.45) is 0. The van der Waals surface area contributed by atoms with Gasteiger partial charge in [0.25, 0.3) is 0 Å². The first kappa shape index (κ1) is 12.0. The molecule has 0 amide bonds. The first-order valence-electron chi connectivity index (χ1n) is 4.96. The molecule has 1 aromatic carbocycles. The maximum absolute atomic E-state index is 10.7. The van der Waals surface area contributed by atoms with Crippen molar-refractivity contribution in [1.82, 2.24) is 0 Å². The van der Waals surface area contributed by atoms with E-state index in [1.165, 1.54) is 11.3 Å². The lowest BCUT2D eigenvalue weighted by atomic mass is 10.3. The number of thiophene rings is 1. The van der Waals surface area contributed by atoms with E-state index in [9.17, 15) is 4.79 Å². The summed E-state index contributed by atoms with van der Waals surface area (Å²) in [6, 6.07) is 9.11. The summed E-state index contributed by atoms with van der Waals surface area (Å²) >= 11 is 7.41. The van der Waals surface area contributed by atoms with Crippen LogP contribution in [-0.4, -0.2) is 11.1 Å². The highest BCUT2D eigenvalue weighted by Gasteiger charge is 2.06. The Bertz CT molecular complexity index is 539. The van der Waals surface area contributed by atoms with Crippen molar-refractivity contribution in [3.63, 3.8) is 0 Å². The van der Waals surface area contributed by atoms with E-state index in [0.717, 1.165) is 10.6 Å². The lowest BCUT2D eigenvalue weighted by Crippen LogP contribution is -1.98. The van der Waals surface area contributed by atoms with Crippen LogP contribution in [0.5, 0.6) is 0 Å². The molecule has 0 fully saturated rings. The Morgan fingerprint density at radius 3 is 2.82 bits per heavy atom. The van der Waals surface area contributed by atoms with Gasteiger partial charge in [0.05, 0.1) is 16.3 Å². The van der Waals surface area contributed by atoms with Crippen molar-refractivity contribution in [1.29, 1.82) is 0 Å². The first-order valence-corrected chi connectivity index (χ1v) is 6.21. The number of carboxylic acids is 1. The van der Waals surface area contributed by atoms with Gasteiger partial charge < -0.3 is 10.4 Å². The minimum Gasteiger partial charge on any atom is -0.478 e. The van der Waals surface area contributed by atoms with Gasteiger partial charge in [0, 0.05) is 16.8 Å². The molecule has 0 bridgehead atoms. The van der Waals surface area contributed by atoms with E-state index in [1.807, 2.05) is 18.2 Å². The number of benzene rings is 1. The second-order valence-corrected chi connectivity index (χ2v) is 4.84. The molecule has 2 aromatic rings. The minimum atomic E-state index is -0.898. The van der Waals surface area contributed by atoms with Gasteiger partial charge in [-0.15, -0.1) is 11.3 Å². The number of hydrogen-bond acceptors (Lipinski definition) is 3. The van der Waals surface area contributed by atoms with Crippen LogP contribution in [0.4, 0.5) is 5.69 Å². The number of aromatic carboxylic acids is 1. The Hall–Kier alpha value is -1.52. The van der Waals surface area contributed by atoms with E-state index in [1.54, 1.807) is 17.5 Å². The second-order valence-electron chi connectivity index (χ2n) is 3.44. The van der Waals surface area contributed by atoms with E-state index in [4.69, 9.17) is 16.7 Å². The molecule has 0 aliphatic heterocycles. The Kier molecular flexibility index (Phi) is 3.66. The lowest BCUT2D eigenvalue weighted by molar-refractivity contribution is 0.0697. The molecule has 0 aliphatic carbocycles. The summed E-state index contributed by atoms with van der Waals surface area (Å²) in [5.41, 5.74) is 1.17. The Labute approximate surface area is 108 Å². The number of anilines is 1. The molecule has 0 unspecified atom stereocenters. The quantitative estimate of drug-likeness (QED) is 0.888. The highest BCUT2D eigenvalue weighted by atomic mass is 35.5. The third-order valence-corrected chi connectivity index (χ3v) is 3.49. The highest BCUT2D eigenvalue weighted by Crippen LogP contribution is 2.22. The molecule has 0 spiro atoms. The molecule has 0 saturated carbocycles. The average molecular weight is 268 g/mol. The van der Waals surface area contributed by atoms with Gasteiger partial charge in [-0.1, -0.05) is 23.7 Å². The molecule has 0 saturated heterocycles. The summed E-state index contributed by atoms with van der Waals surface area (Å²) in [6.45, 7) is 0.571. The largest absolute Gasteiger partial charge is 0.478 e. The van der Waals surface area contributed by atoms with Gasteiger partial charge in [-0.25, -0.2) is 4.79 Å². The number of carboxylic acid groups (broad SMARTS) is 1. The van der Waals surface area contributed by atoms with Crippen LogP contribution in [0.1, 0.15) is 15.2 Å². The normalized spacial score (nSPS) is 10.2. The van der Waals surface area contributed by atoms with E-state index in [0.29, 0.717) is 17.1 Å². The molecule has 3 nitrogen and oxygen atoms in total. The molecule has 0 atom stereocenters. The summed E-state index contributed by atoms with van der Waals surface area (Å²) in [7, 11) is 0. The van der Waals surface area contributed by atoms with Crippen LogP contribution in [0.2, 0.25) is 5.02 Å². The fraction of sp³-hybridized carbons (Fsp3) is 0.0833. The first-order chi connectivity index (χ1) is 8.16. The van der Waals surface area contributed by atoms with Crippen molar-refractivity contribution in [2.75, 3.05) is 5.32 Å². The average Bonchev–Trinajstić information content (AvgIpc) is 2.77. The number of para-hydroxylation sites is 1. The summed E-state index contributed by atoms with van der Waals surface area (Å²) in [5.74, 6) is -0.898. The van der Waals surface area contributed by atoms with Gasteiger partial charge in [-0.05, 0) is 18.2 Å². The maximum atomic E-state index is 10.7. The van der Waals surface area contributed by atoms with E-state index in [-0.39, 0.29) is 0 Å². The fourth-order valence-corrected chi connectivity index (χ4v) is 2.37. The van der Waals surface area contributed by atoms with Crippen molar-refractivity contribution in [2.45, 2.75) is 6.54 Å². The van der Waals surface area contributed by atoms with E-state index in [2.05, 4.69) is 5.32 Å². The number of carbonyl (C=O) groups is 1. The van der Waals surface area contributed by atoms with Crippen molar-refractivity contribution in [3.8, 4) is 0 Å². The maximum Gasteiger partial charge on any atom is 0.336 e. The SMILES string of the molecule is O=C(O)c1csc(CNc2ccccc2Cl)c1. The van der Waals surface area contributed by atoms with Crippen molar-refractivity contribution in [3.05, 3.63) is 51.2 Å². The number of halogens is 1. The van der Waals surface area contributed by atoms with Gasteiger partial charge in [0.1, 0.15) is 0 Å². The van der Waals surface area contributed by atoms with Crippen LogP contribution in [0.3, 0.4) is 0 Å². The van der Waals surface area contributed by atoms with Crippen molar-refractivity contribution >= 4 is 34.6 Å². The van der Waals surface area contributed by atoms with Crippen LogP contribution >= 0.6 is 22.9 Å². The van der Waals surface area contributed by atoms with Gasteiger partial charge in [0.2, 0.25) is 0 Å². The van der Waals surface area contributed by atoms with E-state index < -0.39 is 5.97 Å². The molecule has 2 rings (SSSR count). The fourth-order valence-electron chi connectivity index (χ4n) is 1.37. The summed E-state index contributed by atoms with van der Waals surface area (Å²) in [5, 5.41) is 14.2. The lowest BCUT2D eigenvalue weighted by Gasteiger charge is -2.06. The Balaban J connectivity index is 2.02. The predicted octanol–water partition coefficient (Wildman–Crippen LogP) is 3.71. The minimum absolute atomic E-state index is 0.325. The van der Waals surface area contributed by atoms with Crippen LogP contribution in [0, 0.1) is 0 Å². The monoisotopic (exact) mass is 267 g/mol. The molecule has 0 aliphatic rings. The van der Waals surface area contributed by atoms with Crippen molar-refractivity contribution < 1.29 is 9.90 Å². The molecule has 1 aromatic heterocycles. The standard InChI is InChI=1S/C12H10ClNO2S/c13-10-3-1-2-4-11(10)14-6-9-5-8(7-17-9)12(15)16/h1-5,7,14H,6H2,(H,15,16). The topological polar surface area (TPSA) is 49.3 Å². The van der Waals surface area contributed by atoms with Crippen LogP contribution in [0.15, 0.2) is 35.7 Å². The smallest absolute Gasteiger partial charge is 0.336 e. The van der Waals surface area contributed by atoms with Gasteiger partial charge in [-0.3, -0.25) is 0 Å². The Morgan fingerprint density at radius 1 is 1.41 bits per heavy atom. The van der Waals surface area contributed by atoms with Gasteiger partial charge in [0.15, 0.2) is 0 Å². The van der Waals surface area contributed by atoms with Crippen LogP contribution in [-0.2, 0) is 6.54 Å². The number of nitrogens with one attached hydrogen (secondary N) is 1. The Morgan fingerprint density at radius 2 is 2.18 bits per heavy atom. The van der Waals surface area contributed by atoms with E-state index >= 15 is 0 Å². The summed E-state index contributed by atoms with van der Waals surface area (Å²) < 4.78 is 0. The van der Waals surface area contributed by atoms with Crippen LogP contribution < -0.4 is 5.32 Å². The van der Waals surface area contributed by atoms with Gasteiger partial charge >= 0.3 is 5.97 Å². The molecule has 0 radical (unpaired) electrons. The molecule has 5 heteroatoms. The molecule has 17 heavy (non-hydrogen) atoms. The zero-order valence-corrected chi connectivity index (χ0v) is 10.4. The molecular formula is C12H10ClNO2S. The zero-order valence-electron chi connectivity index (χ0n) is 8.81. The molecular weight excluding hydrogens is 258 g/mol.